The van der Waals surface area contributed by atoms with Crippen molar-refractivity contribution < 1.29 is 24.2 Å². The molecule has 2 N–H and O–H groups in total. The predicted molar refractivity (Wildman–Crippen MR) is 85.6 cm³/mol. The van der Waals surface area contributed by atoms with E-state index in [9.17, 15) is 14.7 Å². The van der Waals surface area contributed by atoms with Crippen molar-refractivity contribution in [3.8, 4) is 0 Å². The van der Waals surface area contributed by atoms with Gasteiger partial charge in [-0.2, -0.15) is 0 Å². The molecule has 0 fully saturated rings. The van der Waals surface area contributed by atoms with Crippen LogP contribution in [0.1, 0.15) is 33.3 Å². The Morgan fingerprint density at radius 1 is 1.22 bits per heavy atom. The molecule has 0 aliphatic rings. The van der Waals surface area contributed by atoms with Crippen LogP contribution in [0.3, 0.4) is 0 Å². The molecular weight excluding hydrogens is 298 g/mol. The third-order valence-corrected chi connectivity index (χ3v) is 3.03. The number of carbonyl (C=O) groups excluding carboxylic acids is 2. The maximum Gasteiger partial charge on any atom is 0.337 e. The highest BCUT2D eigenvalue weighted by molar-refractivity contribution is 5.85. The fourth-order valence-electron chi connectivity index (χ4n) is 1.95. The first-order chi connectivity index (χ1) is 10.7. The van der Waals surface area contributed by atoms with Gasteiger partial charge in [-0.05, 0) is 33.3 Å². The number of hydrogen-bond donors (Lipinski definition) is 2. The number of ether oxygens (including phenoxy) is 2. The third-order valence-electron chi connectivity index (χ3n) is 3.03. The molecule has 1 amide bonds. The highest BCUT2D eigenvalue weighted by Crippen LogP contribution is 2.12. The second-order valence-electron chi connectivity index (χ2n) is 6.00. The minimum atomic E-state index is -1.42. The van der Waals surface area contributed by atoms with E-state index in [2.05, 4.69) is 5.32 Å². The van der Waals surface area contributed by atoms with Gasteiger partial charge in [-0.25, -0.2) is 4.79 Å². The first-order valence-electron chi connectivity index (χ1n) is 7.57. The summed E-state index contributed by atoms with van der Waals surface area (Å²) in [5.74, 6) is -1.18. The van der Waals surface area contributed by atoms with Crippen LogP contribution in [0, 0.1) is 0 Å². The van der Waals surface area contributed by atoms with Crippen molar-refractivity contribution in [3.63, 3.8) is 0 Å². The van der Waals surface area contributed by atoms with Gasteiger partial charge in [0.2, 0.25) is 0 Å². The Bertz CT molecular complexity index is 513. The molecule has 6 nitrogen and oxygen atoms in total. The van der Waals surface area contributed by atoms with Gasteiger partial charge in [0.1, 0.15) is 12.2 Å². The van der Waals surface area contributed by atoms with E-state index in [1.165, 1.54) is 0 Å². The van der Waals surface area contributed by atoms with Gasteiger partial charge in [0.15, 0.2) is 6.10 Å². The van der Waals surface area contributed by atoms with Crippen LogP contribution in [-0.2, 0) is 25.7 Å². The molecule has 0 saturated carbocycles. The summed E-state index contributed by atoms with van der Waals surface area (Å²) in [4.78, 5) is 23.7. The lowest BCUT2D eigenvalue weighted by Gasteiger charge is -2.26. The summed E-state index contributed by atoms with van der Waals surface area (Å²) in [5, 5.41) is 12.3. The maximum absolute atomic E-state index is 12.0. The van der Waals surface area contributed by atoms with Gasteiger partial charge in [-0.1, -0.05) is 30.3 Å². The number of hydrogen-bond acceptors (Lipinski definition) is 5. The van der Waals surface area contributed by atoms with Crippen molar-refractivity contribution in [3.05, 3.63) is 35.9 Å². The second kappa shape index (κ2) is 8.64. The molecule has 0 saturated heterocycles. The zero-order valence-corrected chi connectivity index (χ0v) is 14.0. The molecule has 1 unspecified atom stereocenters. The highest BCUT2D eigenvalue weighted by Gasteiger charge is 2.30. The van der Waals surface area contributed by atoms with Crippen molar-refractivity contribution in [1.29, 1.82) is 0 Å². The van der Waals surface area contributed by atoms with E-state index in [1.54, 1.807) is 13.8 Å². The van der Waals surface area contributed by atoms with Crippen molar-refractivity contribution in [1.82, 2.24) is 5.32 Å². The first-order valence-corrected chi connectivity index (χ1v) is 7.57. The predicted octanol–water partition coefficient (Wildman–Crippen LogP) is 1.41. The largest absolute Gasteiger partial charge is 0.459 e. The molecule has 0 aliphatic heterocycles. The Hall–Kier alpha value is -1.92. The minimum Gasteiger partial charge on any atom is -0.459 e. The van der Waals surface area contributed by atoms with Gasteiger partial charge in [0.05, 0.1) is 12.6 Å². The fourth-order valence-corrected chi connectivity index (χ4v) is 1.95. The minimum absolute atomic E-state index is 0.0760. The molecule has 23 heavy (non-hydrogen) atoms. The summed E-state index contributed by atoms with van der Waals surface area (Å²) < 4.78 is 10.5. The van der Waals surface area contributed by atoms with E-state index in [-0.39, 0.29) is 19.3 Å². The molecule has 0 bridgehead atoms. The molecule has 1 aromatic carbocycles. The lowest BCUT2D eigenvalue weighted by Crippen LogP contribution is -2.48. The van der Waals surface area contributed by atoms with Crippen molar-refractivity contribution in [2.45, 2.75) is 52.1 Å². The van der Waals surface area contributed by atoms with Crippen molar-refractivity contribution in [2.24, 2.45) is 0 Å². The zero-order chi connectivity index (χ0) is 17.5. The van der Waals surface area contributed by atoms with Crippen LogP contribution >= 0.6 is 0 Å². The summed E-state index contributed by atoms with van der Waals surface area (Å²) in [5.41, 5.74) is -0.217. The molecule has 6 heteroatoms. The van der Waals surface area contributed by atoms with Gasteiger partial charge < -0.3 is 19.9 Å². The summed E-state index contributed by atoms with van der Waals surface area (Å²) >= 11 is 0. The number of aliphatic hydroxyl groups excluding tert-OH is 1. The van der Waals surface area contributed by atoms with Crippen LogP contribution in [0.4, 0.5) is 0 Å². The summed E-state index contributed by atoms with van der Waals surface area (Å²) in [6, 6.07) is 9.14. The van der Waals surface area contributed by atoms with Crippen LogP contribution in [-0.4, -0.2) is 41.3 Å². The number of carbonyl (C=O) groups is 2. The molecule has 128 valence electrons. The quantitative estimate of drug-likeness (QED) is 0.707. The topological polar surface area (TPSA) is 84.9 Å². The van der Waals surface area contributed by atoms with Gasteiger partial charge in [-0.3, -0.25) is 4.79 Å². The number of aliphatic hydroxyl groups is 1. The second-order valence-corrected chi connectivity index (χ2v) is 6.00. The van der Waals surface area contributed by atoms with E-state index in [4.69, 9.17) is 9.47 Å². The van der Waals surface area contributed by atoms with Crippen LogP contribution in [0.15, 0.2) is 30.3 Å². The Balaban J connectivity index is 2.39. The lowest BCUT2D eigenvalue weighted by molar-refractivity contribution is -0.156. The Morgan fingerprint density at radius 3 is 2.39 bits per heavy atom. The maximum atomic E-state index is 12.0. The normalized spacial score (nSPS) is 12.8. The first kappa shape index (κ1) is 19.1. The number of esters is 1. The van der Waals surface area contributed by atoms with E-state index in [0.29, 0.717) is 0 Å². The lowest BCUT2D eigenvalue weighted by atomic mass is 10.1. The molecule has 0 radical (unpaired) electrons. The van der Waals surface area contributed by atoms with E-state index in [0.717, 1.165) is 5.56 Å². The van der Waals surface area contributed by atoms with Crippen LogP contribution in [0.5, 0.6) is 0 Å². The molecule has 0 heterocycles. The van der Waals surface area contributed by atoms with E-state index >= 15 is 0 Å². The Morgan fingerprint density at radius 2 is 1.83 bits per heavy atom. The third kappa shape index (κ3) is 6.80. The van der Waals surface area contributed by atoms with Crippen LogP contribution in [0.2, 0.25) is 0 Å². The summed E-state index contributed by atoms with van der Waals surface area (Å²) in [6.45, 7) is 6.75. The smallest absolute Gasteiger partial charge is 0.337 e. The van der Waals surface area contributed by atoms with Gasteiger partial charge >= 0.3 is 5.97 Å². The Labute approximate surface area is 136 Å². The van der Waals surface area contributed by atoms with Crippen molar-refractivity contribution >= 4 is 11.9 Å². The van der Waals surface area contributed by atoms with E-state index in [1.807, 2.05) is 44.2 Å². The molecule has 1 rings (SSSR count). The highest BCUT2D eigenvalue weighted by atomic mass is 16.5. The number of nitrogens with one attached hydrogen (secondary N) is 1. The summed E-state index contributed by atoms with van der Waals surface area (Å²) in [7, 11) is 0. The van der Waals surface area contributed by atoms with E-state index < -0.39 is 23.6 Å². The van der Waals surface area contributed by atoms with Crippen LogP contribution in [0.25, 0.3) is 0 Å². The van der Waals surface area contributed by atoms with Gasteiger partial charge in [-0.15, -0.1) is 0 Å². The van der Waals surface area contributed by atoms with Crippen molar-refractivity contribution in [2.75, 3.05) is 6.54 Å². The number of benzene rings is 1. The monoisotopic (exact) mass is 323 g/mol. The summed E-state index contributed by atoms with van der Waals surface area (Å²) in [6.07, 6.45) is -1.53. The molecular formula is C17H25NO5. The molecule has 1 atom stereocenters. The molecule has 0 aromatic heterocycles. The van der Waals surface area contributed by atoms with Gasteiger partial charge in [0.25, 0.3) is 5.91 Å². The SMILES string of the molecule is CC(C)OC(C)(C)C(=O)NCC(O)C(=O)OCc1ccccc1. The van der Waals surface area contributed by atoms with Crippen LogP contribution < -0.4 is 5.32 Å². The van der Waals surface area contributed by atoms with Gasteiger partial charge in [0, 0.05) is 0 Å². The molecule has 0 spiro atoms. The molecule has 0 aliphatic carbocycles. The fraction of sp³-hybridized carbons (Fsp3) is 0.529. The standard InChI is InChI=1S/C17H25NO5/c1-12(2)23-17(3,4)16(21)18-10-14(19)15(20)22-11-13-8-6-5-7-9-13/h5-9,12,14,19H,10-11H2,1-4H3,(H,18,21). The Kier molecular flexibility index (Phi) is 7.19. The average molecular weight is 323 g/mol. The molecule has 1 aromatic rings. The number of rotatable bonds is 8. The zero-order valence-electron chi connectivity index (χ0n) is 14.0. The average Bonchev–Trinajstić information content (AvgIpc) is 2.49. The number of amides is 1.